The van der Waals surface area contributed by atoms with E-state index in [0.29, 0.717) is 18.1 Å². The monoisotopic (exact) mass is 387 g/mol. The lowest BCUT2D eigenvalue weighted by Crippen LogP contribution is -2.36. The van der Waals surface area contributed by atoms with Crippen molar-refractivity contribution in [2.75, 3.05) is 6.61 Å². The predicted molar refractivity (Wildman–Crippen MR) is 113 cm³/mol. The Balaban J connectivity index is 1.38. The molecule has 1 aromatic rings. The molecule has 0 radical (unpaired) electrons. The summed E-state index contributed by atoms with van der Waals surface area (Å²) in [5.41, 5.74) is 1.76. The Hall–Kier alpha value is -0.930. The second kappa shape index (κ2) is 8.44. The third-order valence-electron chi connectivity index (χ3n) is 7.60. The molecule has 1 heterocycles. The fourth-order valence-corrected chi connectivity index (χ4v) is 5.95. The van der Waals surface area contributed by atoms with E-state index < -0.39 is 0 Å². The van der Waals surface area contributed by atoms with Crippen molar-refractivity contribution in [2.24, 2.45) is 17.8 Å². The summed E-state index contributed by atoms with van der Waals surface area (Å²) in [6.45, 7) is 7.10. The van der Waals surface area contributed by atoms with Crippen LogP contribution in [0.25, 0.3) is 0 Å². The van der Waals surface area contributed by atoms with Gasteiger partial charge in [0.05, 0.1) is 6.61 Å². The van der Waals surface area contributed by atoms with Crippen LogP contribution < -0.4 is 5.32 Å². The molecule has 1 N–H and O–H groups in total. The molecule has 1 aliphatic heterocycles. The van der Waals surface area contributed by atoms with E-state index in [9.17, 15) is 4.39 Å². The average molecular weight is 388 g/mol. The van der Waals surface area contributed by atoms with Crippen molar-refractivity contribution >= 4 is 0 Å². The highest BCUT2D eigenvalue weighted by Gasteiger charge is 2.37. The third-order valence-corrected chi connectivity index (χ3v) is 7.60. The maximum absolute atomic E-state index is 14.9. The Morgan fingerprint density at radius 2 is 1.89 bits per heavy atom. The van der Waals surface area contributed by atoms with E-state index in [2.05, 4.69) is 32.2 Å². The molecule has 5 unspecified atom stereocenters. The number of hydrogen-bond acceptors (Lipinski definition) is 2. The molecular weight excluding hydrogens is 349 g/mol. The first kappa shape index (κ1) is 20.3. The summed E-state index contributed by atoms with van der Waals surface area (Å²) < 4.78 is 20.7. The molecule has 0 spiro atoms. The van der Waals surface area contributed by atoms with E-state index in [1.54, 1.807) is 6.07 Å². The van der Waals surface area contributed by atoms with Gasteiger partial charge in [0.15, 0.2) is 0 Å². The van der Waals surface area contributed by atoms with Gasteiger partial charge >= 0.3 is 0 Å². The van der Waals surface area contributed by atoms with Gasteiger partial charge in [-0.25, -0.2) is 4.39 Å². The highest BCUT2D eigenvalue weighted by Crippen LogP contribution is 2.48. The molecule has 0 bridgehead atoms. The minimum absolute atomic E-state index is 0.0931. The molecule has 156 valence electrons. The van der Waals surface area contributed by atoms with Crippen LogP contribution in [-0.4, -0.2) is 12.1 Å². The molecule has 5 atom stereocenters. The van der Waals surface area contributed by atoms with Gasteiger partial charge in [0.2, 0.25) is 0 Å². The summed E-state index contributed by atoms with van der Waals surface area (Å²) in [6.07, 6.45) is 11.9. The van der Waals surface area contributed by atoms with Crippen LogP contribution in [-0.2, 0) is 4.74 Å². The number of benzene rings is 1. The van der Waals surface area contributed by atoms with Gasteiger partial charge in [0.1, 0.15) is 12.0 Å². The highest BCUT2D eigenvalue weighted by atomic mass is 19.1. The molecule has 4 rings (SSSR count). The maximum atomic E-state index is 14.9. The lowest BCUT2D eigenvalue weighted by Gasteiger charge is -2.42. The molecule has 2 saturated carbocycles. The van der Waals surface area contributed by atoms with Gasteiger partial charge in [-0.05, 0) is 81.3 Å². The van der Waals surface area contributed by atoms with E-state index in [4.69, 9.17) is 4.74 Å². The van der Waals surface area contributed by atoms with Crippen LogP contribution in [0.5, 0.6) is 0 Å². The van der Waals surface area contributed by atoms with Crippen molar-refractivity contribution in [3.05, 3.63) is 35.1 Å². The third kappa shape index (κ3) is 4.46. The lowest BCUT2D eigenvalue weighted by atomic mass is 9.63. The summed E-state index contributed by atoms with van der Waals surface area (Å²) >= 11 is 0. The molecule has 2 aliphatic carbocycles. The summed E-state index contributed by atoms with van der Waals surface area (Å²) in [4.78, 5) is 0. The Bertz CT molecular complexity index is 673. The van der Waals surface area contributed by atoms with Gasteiger partial charge < -0.3 is 4.74 Å². The van der Waals surface area contributed by atoms with E-state index in [0.717, 1.165) is 17.8 Å². The van der Waals surface area contributed by atoms with Crippen LogP contribution in [0.2, 0.25) is 0 Å². The van der Waals surface area contributed by atoms with Crippen LogP contribution in [0.15, 0.2) is 18.2 Å². The van der Waals surface area contributed by atoms with Gasteiger partial charge in [0.25, 0.3) is 0 Å². The predicted octanol–water partition coefficient (Wildman–Crippen LogP) is 6.71. The first-order valence-corrected chi connectivity index (χ1v) is 11.6. The molecule has 3 fully saturated rings. The Labute approximate surface area is 170 Å². The van der Waals surface area contributed by atoms with Crippen molar-refractivity contribution in [3.8, 4) is 0 Å². The fourth-order valence-electron chi connectivity index (χ4n) is 5.95. The maximum Gasteiger partial charge on any atom is 0.137 e. The second-order valence-corrected chi connectivity index (χ2v) is 10.4. The Morgan fingerprint density at radius 1 is 1.11 bits per heavy atom. The summed E-state index contributed by atoms with van der Waals surface area (Å²) in [5.74, 6) is 3.18. The molecule has 3 aliphatic rings. The Morgan fingerprint density at radius 3 is 2.61 bits per heavy atom. The quantitative estimate of drug-likeness (QED) is 0.606. The largest absolute Gasteiger partial charge is 0.357 e. The highest BCUT2D eigenvalue weighted by molar-refractivity contribution is 5.29. The summed E-state index contributed by atoms with van der Waals surface area (Å²) in [7, 11) is 0. The van der Waals surface area contributed by atoms with Gasteiger partial charge in [-0.2, -0.15) is 0 Å². The van der Waals surface area contributed by atoms with E-state index in [1.807, 2.05) is 6.07 Å². The minimum atomic E-state index is -0.321. The topological polar surface area (TPSA) is 21.3 Å². The first-order valence-electron chi connectivity index (χ1n) is 11.6. The van der Waals surface area contributed by atoms with Crippen molar-refractivity contribution in [1.82, 2.24) is 5.32 Å². The van der Waals surface area contributed by atoms with Crippen LogP contribution >= 0.6 is 0 Å². The zero-order chi connectivity index (χ0) is 19.7. The van der Waals surface area contributed by atoms with Gasteiger partial charge in [0, 0.05) is 11.1 Å². The lowest BCUT2D eigenvalue weighted by molar-refractivity contribution is 0.0958. The van der Waals surface area contributed by atoms with Gasteiger partial charge in [-0.1, -0.05) is 44.7 Å². The number of halogens is 1. The molecule has 28 heavy (non-hydrogen) atoms. The van der Waals surface area contributed by atoms with E-state index in [-0.39, 0.29) is 17.6 Å². The van der Waals surface area contributed by atoms with Crippen LogP contribution in [0.3, 0.4) is 0 Å². The summed E-state index contributed by atoms with van der Waals surface area (Å²) in [6, 6.07) is 5.91. The number of ether oxygens (including phenoxy) is 1. The van der Waals surface area contributed by atoms with Crippen molar-refractivity contribution in [3.63, 3.8) is 0 Å². The zero-order valence-corrected chi connectivity index (χ0v) is 18.0. The second-order valence-electron chi connectivity index (χ2n) is 10.4. The summed E-state index contributed by atoms with van der Waals surface area (Å²) in [5, 5.41) is 3.38. The molecule has 1 aromatic carbocycles. The van der Waals surface area contributed by atoms with Crippen molar-refractivity contribution < 1.29 is 9.13 Å². The van der Waals surface area contributed by atoms with Gasteiger partial charge in [-0.15, -0.1) is 0 Å². The molecular formula is C25H38FNO. The number of hydrogen-bond donors (Lipinski definition) is 1. The minimum Gasteiger partial charge on any atom is -0.357 e. The number of fused-ring (bicyclic) bond motifs is 1. The smallest absolute Gasteiger partial charge is 0.137 e. The molecule has 1 saturated heterocycles. The molecule has 0 aromatic heterocycles. The van der Waals surface area contributed by atoms with Gasteiger partial charge in [-0.3, -0.25) is 5.32 Å². The fraction of sp³-hybridized carbons (Fsp3) is 0.760. The van der Waals surface area contributed by atoms with Crippen molar-refractivity contribution in [2.45, 2.75) is 96.2 Å². The number of unbranched alkanes of at least 4 members (excludes halogenated alkanes) is 1. The van der Waals surface area contributed by atoms with Crippen LogP contribution in [0.4, 0.5) is 4.39 Å². The molecule has 2 nitrogen and oxygen atoms in total. The molecule has 3 heteroatoms. The SMILES string of the molecule is CCCCC1CCC2CC(c3ccc(C4NC(C)(C)CO4)c(F)c3)CCC2C1. The normalized spacial score (nSPS) is 34.9. The first-order chi connectivity index (χ1) is 13.4. The van der Waals surface area contributed by atoms with Crippen molar-refractivity contribution in [1.29, 1.82) is 0 Å². The zero-order valence-electron chi connectivity index (χ0n) is 18.0. The number of rotatable bonds is 5. The molecule has 0 amide bonds. The standard InChI is InChI=1S/C25H38FNO/c1-4-5-6-17-7-8-19-14-20(10-9-18(19)13-17)21-11-12-22(23(26)15-21)24-27-25(2,3)16-28-24/h11-12,15,17-20,24,27H,4-10,13-14,16H2,1-3H3. The van der Waals surface area contributed by atoms with Crippen LogP contribution in [0, 0.1) is 23.6 Å². The van der Waals surface area contributed by atoms with E-state index >= 15 is 0 Å². The average Bonchev–Trinajstić information content (AvgIpc) is 3.05. The Kier molecular flexibility index (Phi) is 6.13. The van der Waals surface area contributed by atoms with Crippen LogP contribution in [0.1, 0.15) is 102 Å². The van der Waals surface area contributed by atoms with E-state index in [1.165, 1.54) is 63.4 Å². The number of nitrogens with one attached hydrogen (secondary N) is 1.